The van der Waals surface area contributed by atoms with Crippen molar-refractivity contribution in [1.29, 1.82) is 0 Å². The van der Waals surface area contributed by atoms with Crippen LogP contribution in [-0.4, -0.2) is 20.5 Å². The Morgan fingerprint density at radius 1 is 1.58 bits per heavy atom. The molecule has 12 heavy (non-hydrogen) atoms. The van der Waals surface area contributed by atoms with Gasteiger partial charge in [0.25, 0.3) is 0 Å². The number of hydrogen-bond acceptors (Lipinski definition) is 2. The molecule has 0 aliphatic heterocycles. The third-order valence-corrected chi connectivity index (χ3v) is 1.32. The molecule has 3 nitrogen and oxygen atoms in total. The lowest BCUT2D eigenvalue weighted by Crippen LogP contribution is -2.14. The fourth-order valence-electron chi connectivity index (χ4n) is 0.714. The lowest BCUT2D eigenvalue weighted by Gasteiger charge is -2.05. The minimum atomic E-state index is -0.940. The lowest BCUT2D eigenvalue weighted by molar-refractivity contribution is 0.143. The third-order valence-electron chi connectivity index (χ3n) is 1.32. The number of aliphatic hydroxyl groups is 1. The van der Waals surface area contributed by atoms with Crippen LogP contribution in [0.25, 0.3) is 0 Å². The Bertz CT molecular complexity index is 322. The molecule has 1 aromatic heterocycles. The Labute approximate surface area is 72.0 Å². The molecule has 1 aromatic rings. The summed E-state index contributed by atoms with van der Waals surface area (Å²) >= 11 is 0. The monoisotopic (exact) mass is 164 g/mol. The molecule has 0 radical (unpaired) electrons. The number of rotatable bonds is 0. The van der Waals surface area contributed by atoms with Crippen molar-refractivity contribution in [2.45, 2.75) is 19.4 Å². The molecule has 0 saturated heterocycles. The molecule has 1 N–H and O–H groups in total. The molecule has 0 saturated carbocycles. The zero-order chi connectivity index (χ0) is 9.19. The van der Waals surface area contributed by atoms with E-state index in [9.17, 15) is 5.11 Å². The van der Waals surface area contributed by atoms with Crippen LogP contribution >= 0.6 is 0 Å². The summed E-state index contributed by atoms with van der Waals surface area (Å²) in [5, 5.41) is 13.3. The number of nitrogens with zero attached hydrogens (tertiary/aromatic N) is 2. The van der Waals surface area contributed by atoms with Crippen LogP contribution in [0.4, 0.5) is 0 Å². The maximum atomic E-state index is 9.30. The molecular formula is C9H12N2O. The molecule has 0 amide bonds. The van der Waals surface area contributed by atoms with Crippen molar-refractivity contribution in [3.63, 3.8) is 0 Å². The topological polar surface area (TPSA) is 38.0 Å². The highest BCUT2D eigenvalue weighted by Crippen LogP contribution is 1.99. The van der Waals surface area contributed by atoms with Gasteiger partial charge in [-0.05, 0) is 25.8 Å². The summed E-state index contributed by atoms with van der Waals surface area (Å²) in [5.41, 5.74) is -0.137. The Kier molecular flexibility index (Phi) is 2.20. The Morgan fingerprint density at radius 3 is 2.67 bits per heavy atom. The van der Waals surface area contributed by atoms with E-state index in [1.807, 2.05) is 7.05 Å². The van der Waals surface area contributed by atoms with Gasteiger partial charge in [-0.2, -0.15) is 5.10 Å². The zero-order valence-electron chi connectivity index (χ0n) is 7.50. The molecule has 1 rings (SSSR count). The molecule has 0 bridgehead atoms. The van der Waals surface area contributed by atoms with E-state index < -0.39 is 5.60 Å². The van der Waals surface area contributed by atoms with E-state index in [2.05, 4.69) is 16.9 Å². The molecule has 0 spiro atoms. The van der Waals surface area contributed by atoms with Crippen molar-refractivity contribution in [2.75, 3.05) is 0 Å². The SMILES string of the molecule is Cn1nccc1C#CC(C)(C)O. The summed E-state index contributed by atoms with van der Waals surface area (Å²) in [5.74, 6) is 5.54. The first-order valence-corrected chi connectivity index (χ1v) is 3.72. The maximum Gasteiger partial charge on any atom is 0.120 e. The standard InChI is InChI=1S/C9H12N2O/c1-9(2,12)6-4-8-5-7-10-11(8)3/h5,7,12H,1-3H3. The molecule has 0 atom stereocenters. The highest BCUT2D eigenvalue weighted by Gasteiger charge is 2.05. The average Bonchev–Trinajstić information content (AvgIpc) is 2.29. The predicted octanol–water partition coefficient (Wildman–Crippen LogP) is 0.542. The van der Waals surface area contributed by atoms with Gasteiger partial charge in [-0.3, -0.25) is 4.68 Å². The molecule has 0 aromatic carbocycles. The van der Waals surface area contributed by atoms with Crippen molar-refractivity contribution in [1.82, 2.24) is 9.78 Å². The summed E-state index contributed by atoms with van der Waals surface area (Å²) in [6.07, 6.45) is 1.67. The van der Waals surface area contributed by atoms with Crippen LogP contribution in [0.15, 0.2) is 12.3 Å². The van der Waals surface area contributed by atoms with Gasteiger partial charge < -0.3 is 5.11 Å². The normalized spacial score (nSPS) is 10.7. The fraction of sp³-hybridized carbons (Fsp3) is 0.444. The van der Waals surface area contributed by atoms with E-state index in [1.54, 1.807) is 30.8 Å². The van der Waals surface area contributed by atoms with E-state index in [0.717, 1.165) is 5.69 Å². The molecule has 0 fully saturated rings. The Hall–Kier alpha value is -1.27. The van der Waals surface area contributed by atoms with Crippen LogP contribution in [-0.2, 0) is 7.05 Å². The number of hydrogen-bond donors (Lipinski definition) is 1. The second-order valence-electron chi connectivity index (χ2n) is 3.15. The van der Waals surface area contributed by atoms with Crippen LogP contribution in [0.1, 0.15) is 19.5 Å². The molecule has 0 unspecified atom stereocenters. The van der Waals surface area contributed by atoms with Crippen molar-refractivity contribution in [3.8, 4) is 11.8 Å². The third kappa shape index (κ3) is 2.40. The van der Waals surface area contributed by atoms with Gasteiger partial charge >= 0.3 is 0 Å². The average molecular weight is 164 g/mol. The van der Waals surface area contributed by atoms with E-state index in [1.165, 1.54) is 0 Å². The van der Waals surface area contributed by atoms with Crippen LogP contribution in [0, 0.1) is 11.8 Å². The van der Waals surface area contributed by atoms with E-state index >= 15 is 0 Å². The number of aryl methyl sites for hydroxylation is 1. The molecule has 0 aliphatic carbocycles. The van der Waals surface area contributed by atoms with Gasteiger partial charge in [0, 0.05) is 7.05 Å². The summed E-state index contributed by atoms with van der Waals surface area (Å²) in [6, 6.07) is 1.80. The lowest BCUT2D eigenvalue weighted by atomic mass is 10.1. The second kappa shape index (κ2) is 3.00. The predicted molar refractivity (Wildman–Crippen MR) is 46.4 cm³/mol. The van der Waals surface area contributed by atoms with E-state index in [4.69, 9.17) is 0 Å². The number of aromatic nitrogens is 2. The van der Waals surface area contributed by atoms with Crippen molar-refractivity contribution < 1.29 is 5.11 Å². The zero-order valence-corrected chi connectivity index (χ0v) is 7.50. The molecule has 3 heteroatoms. The first-order chi connectivity index (χ1) is 5.49. The highest BCUT2D eigenvalue weighted by molar-refractivity contribution is 5.29. The van der Waals surface area contributed by atoms with E-state index in [0.29, 0.717) is 0 Å². The molecule has 64 valence electrons. The van der Waals surface area contributed by atoms with Crippen molar-refractivity contribution in [2.24, 2.45) is 7.05 Å². The van der Waals surface area contributed by atoms with Crippen molar-refractivity contribution >= 4 is 0 Å². The van der Waals surface area contributed by atoms with Gasteiger partial charge in [0.15, 0.2) is 0 Å². The summed E-state index contributed by atoms with van der Waals surface area (Å²) < 4.78 is 1.67. The fourth-order valence-corrected chi connectivity index (χ4v) is 0.714. The van der Waals surface area contributed by atoms with Gasteiger partial charge in [-0.15, -0.1) is 0 Å². The van der Waals surface area contributed by atoms with Crippen molar-refractivity contribution in [3.05, 3.63) is 18.0 Å². The van der Waals surface area contributed by atoms with Crippen LogP contribution < -0.4 is 0 Å². The maximum absolute atomic E-state index is 9.30. The van der Waals surface area contributed by atoms with Gasteiger partial charge in [-0.1, -0.05) is 5.92 Å². The summed E-state index contributed by atoms with van der Waals surface area (Å²) in [7, 11) is 1.81. The van der Waals surface area contributed by atoms with Gasteiger partial charge in [0.2, 0.25) is 0 Å². The Morgan fingerprint density at radius 2 is 2.25 bits per heavy atom. The first-order valence-electron chi connectivity index (χ1n) is 3.72. The molecular weight excluding hydrogens is 152 g/mol. The van der Waals surface area contributed by atoms with Gasteiger partial charge in [0.1, 0.15) is 11.3 Å². The van der Waals surface area contributed by atoms with Crippen LogP contribution in [0.2, 0.25) is 0 Å². The first kappa shape index (κ1) is 8.82. The van der Waals surface area contributed by atoms with Gasteiger partial charge in [0.05, 0.1) is 6.20 Å². The van der Waals surface area contributed by atoms with E-state index in [-0.39, 0.29) is 0 Å². The second-order valence-corrected chi connectivity index (χ2v) is 3.15. The quantitative estimate of drug-likeness (QED) is 0.568. The van der Waals surface area contributed by atoms with Gasteiger partial charge in [-0.25, -0.2) is 0 Å². The molecule has 0 aliphatic rings. The molecule has 1 heterocycles. The smallest absolute Gasteiger partial charge is 0.120 e. The van der Waals surface area contributed by atoms with Crippen LogP contribution in [0.3, 0.4) is 0 Å². The minimum Gasteiger partial charge on any atom is -0.378 e. The minimum absolute atomic E-state index is 0.803. The largest absolute Gasteiger partial charge is 0.378 e. The Balaban J connectivity index is 2.87. The summed E-state index contributed by atoms with van der Waals surface area (Å²) in [6.45, 7) is 3.30. The van der Waals surface area contributed by atoms with Crippen LogP contribution in [0.5, 0.6) is 0 Å². The highest BCUT2D eigenvalue weighted by atomic mass is 16.3. The summed E-state index contributed by atoms with van der Waals surface area (Å²) in [4.78, 5) is 0.